The van der Waals surface area contributed by atoms with Crippen LogP contribution in [0.2, 0.25) is 0 Å². The monoisotopic (exact) mass is 472 g/mol. The van der Waals surface area contributed by atoms with Gasteiger partial charge in [0.05, 0.1) is 27.4 Å². The molecule has 3 aromatic rings. The van der Waals surface area contributed by atoms with Crippen LogP contribution in [0.3, 0.4) is 0 Å². The molecule has 3 aromatic carbocycles. The maximum Gasteiger partial charge on any atom is 0.296 e. The standard InChI is InChI=1S/C21H16N2O7S2/c1-11-6-8-12(9-7-11)31(26,27)23-15-10-16(32(28,29)30)19(22)18-17(15)20(24)13-4-2-3-5-14(13)21(18)25/h2-10,23H,22H2,1H3,(H,28,29,30). The Bertz CT molecular complexity index is 1530. The Morgan fingerprint density at radius 2 is 1.38 bits per heavy atom. The SMILES string of the molecule is Cc1ccc(S(=O)(=O)Nc2cc(S(=O)(=O)O)c(N)c3c2C(=O)c2ccccc2C3=O)cc1. The number of carbonyl (C=O) groups is 2. The molecular formula is C21H16N2O7S2. The van der Waals surface area contributed by atoms with Gasteiger partial charge in [-0.25, -0.2) is 8.42 Å². The van der Waals surface area contributed by atoms with Crippen molar-refractivity contribution in [2.24, 2.45) is 0 Å². The first-order valence-corrected chi connectivity index (χ1v) is 12.1. The molecule has 0 amide bonds. The highest BCUT2D eigenvalue weighted by molar-refractivity contribution is 7.92. The number of carbonyl (C=O) groups excluding carboxylic acids is 2. The Kier molecular flexibility index (Phi) is 4.92. The fourth-order valence-electron chi connectivity index (χ4n) is 3.51. The maximum atomic E-state index is 13.2. The molecule has 0 aromatic heterocycles. The van der Waals surface area contributed by atoms with Gasteiger partial charge in [-0.15, -0.1) is 0 Å². The average Bonchev–Trinajstić information content (AvgIpc) is 2.72. The fraction of sp³-hybridized carbons (Fsp3) is 0.0476. The van der Waals surface area contributed by atoms with Gasteiger partial charge in [-0.3, -0.25) is 18.9 Å². The lowest BCUT2D eigenvalue weighted by molar-refractivity contribution is 0.0980. The fourth-order valence-corrected chi connectivity index (χ4v) is 5.22. The zero-order valence-electron chi connectivity index (χ0n) is 16.5. The van der Waals surface area contributed by atoms with E-state index in [1.165, 1.54) is 36.4 Å². The van der Waals surface area contributed by atoms with Crippen molar-refractivity contribution in [1.29, 1.82) is 0 Å². The number of hydrogen-bond donors (Lipinski definition) is 3. The first kappa shape index (κ1) is 21.7. The summed E-state index contributed by atoms with van der Waals surface area (Å²) in [6.45, 7) is 1.76. The van der Waals surface area contributed by atoms with E-state index < -0.39 is 59.1 Å². The van der Waals surface area contributed by atoms with Crippen LogP contribution in [0, 0.1) is 6.92 Å². The van der Waals surface area contributed by atoms with Gasteiger partial charge < -0.3 is 5.73 Å². The van der Waals surface area contributed by atoms with E-state index in [1.54, 1.807) is 19.1 Å². The number of sulfonamides is 1. The molecule has 9 nitrogen and oxygen atoms in total. The lowest BCUT2D eigenvalue weighted by atomic mass is 9.82. The molecule has 0 heterocycles. The van der Waals surface area contributed by atoms with Crippen molar-refractivity contribution in [1.82, 2.24) is 0 Å². The van der Waals surface area contributed by atoms with E-state index in [2.05, 4.69) is 4.72 Å². The molecule has 1 aliphatic carbocycles. The summed E-state index contributed by atoms with van der Waals surface area (Å²) >= 11 is 0. The van der Waals surface area contributed by atoms with E-state index in [0.717, 1.165) is 11.6 Å². The molecular weight excluding hydrogens is 456 g/mol. The van der Waals surface area contributed by atoms with E-state index in [-0.39, 0.29) is 16.0 Å². The second-order valence-corrected chi connectivity index (χ2v) is 10.3. The zero-order valence-corrected chi connectivity index (χ0v) is 18.1. The van der Waals surface area contributed by atoms with Crippen LogP contribution in [-0.2, 0) is 20.1 Å². The van der Waals surface area contributed by atoms with Crippen LogP contribution in [0.1, 0.15) is 37.4 Å². The molecule has 0 spiro atoms. The van der Waals surface area contributed by atoms with Crippen molar-refractivity contribution in [3.63, 3.8) is 0 Å². The summed E-state index contributed by atoms with van der Waals surface area (Å²) in [4.78, 5) is 25.2. The van der Waals surface area contributed by atoms with Gasteiger partial charge >= 0.3 is 0 Å². The van der Waals surface area contributed by atoms with Crippen LogP contribution in [0.5, 0.6) is 0 Å². The van der Waals surface area contributed by atoms with Crippen LogP contribution in [0.15, 0.2) is 64.4 Å². The number of nitrogens with two attached hydrogens (primary N) is 1. The lowest BCUT2D eigenvalue weighted by Gasteiger charge is -2.23. The normalized spacial score (nSPS) is 13.4. The number of aryl methyl sites for hydroxylation is 1. The summed E-state index contributed by atoms with van der Waals surface area (Å²) in [6.07, 6.45) is 0. The average molecular weight is 473 g/mol. The zero-order chi connectivity index (χ0) is 23.4. The van der Waals surface area contributed by atoms with Gasteiger partial charge in [0.25, 0.3) is 20.1 Å². The molecule has 4 N–H and O–H groups in total. The minimum Gasteiger partial charge on any atom is -0.397 e. The quantitative estimate of drug-likeness (QED) is 0.301. The molecule has 11 heteroatoms. The van der Waals surface area contributed by atoms with Crippen LogP contribution < -0.4 is 10.5 Å². The van der Waals surface area contributed by atoms with Gasteiger partial charge in [-0.05, 0) is 25.1 Å². The predicted octanol–water partition coefficient (Wildman–Crippen LogP) is 2.40. The van der Waals surface area contributed by atoms with Gasteiger partial charge in [0.15, 0.2) is 11.6 Å². The number of hydrogen-bond acceptors (Lipinski definition) is 7. The van der Waals surface area contributed by atoms with Crippen LogP contribution in [0.25, 0.3) is 0 Å². The van der Waals surface area contributed by atoms with E-state index in [0.29, 0.717) is 0 Å². The minimum atomic E-state index is -4.96. The van der Waals surface area contributed by atoms with Gasteiger partial charge in [-0.2, -0.15) is 8.42 Å². The molecule has 0 atom stereocenters. The molecule has 4 rings (SSSR count). The smallest absolute Gasteiger partial charge is 0.296 e. The molecule has 0 unspecified atom stereocenters. The number of benzene rings is 3. The molecule has 0 bridgehead atoms. The van der Waals surface area contributed by atoms with Gasteiger partial charge in [0.1, 0.15) is 4.90 Å². The summed E-state index contributed by atoms with van der Waals surface area (Å²) in [5.74, 6) is -1.49. The van der Waals surface area contributed by atoms with Gasteiger partial charge in [0, 0.05) is 11.1 Å². The number of nitrogens with one attached hydrogen (secondary N) is 1. The van der Waals surface area contributed by atoms with Crippen LogP contribution >= 0.6 is 0 Å². The number of rotatable bonds is 4. The van der Waals surface area contributed by atoms with E-state index in [4.69, 9.17) is 5.73 Å². The molecule has 32 heavy (non-hydrogen) atoms. The predicted molar refractivity (Wildman–Crippen MR) is 116 cm³/mol. The number of anilines is 2. The largest absolute Gasteiger partial charge is 0.397 e. The molecule has 1 aliphatic rings. The van der Waals surface area contributed by atoms with E-state index >= 15 is 0 Å². The highest BCUT2D eigenvalue weighted by Gasteiger charge is 2.37. The molecule has 0 saturated carbocycles. The van der Waals surface area contributed by atoms with E-state index in [9.17, 15) is 31.0 Å². The van der Waals surface area contributed by atoms with Crippen LogP contribution in [0.4, 0.5) is 11.4 Å². The Labute approximate surface area is 183 Å². The van der Waals surface area contributed by atoms with E-state index in [1.807, 2.05) is 0 Å². The third-order valence-electron chi connectivity index (χ3n) is 5.05. The van der Waals surface area contributed by atoms with Crippen molar-refractivity contribution in [2.45, 2.75) is 16.7 Å². The Balaban J connectivity index is 2.00. The van der Waals surface area contributed by atoms with Crippen molar-refractivity contribution in [3.05, 3.63) is 82.4 Å². The second kappa shape index (κ2) is 7.26. The second-order valence-electron chi connectivity index (χ2n) is 7.18. The number of nitrogen functional groups attached to an aromatic ring is 1. The Morgan fingerprint density at radius 3 is 1.91 bits per heavy atom. The Hall–Kier alpha value is -3.54. The summed E-state index contributed by atoms with van der Waals surface area (Å²) in [5, 5.41) is 0. The first-order chi connectivity index (χ1) is 14.9. The van der Waals surface area contributed by atoms with Gasteiger partial charge in [-0.1, -0.05) is 42.0 Å². The summed E-state index contributed by atoms with van der Waals surface area (Å²) in [6, 6.07) is 12.3. The first-order valence-electron chi connectivity index (χ1n) is 9.13. The number of fused-ring (bicyclic) bond motifs is 2. The van der Waals surface area contributed by atoms with Gasteiger partial charge in [0.2, 0.25) is 0 Å². The summed E-state index contributed by atoms with van der Waals surface area (Å²) in [7, 11) is -9.24. The molecule has 164 valence electrons. The Morgan fingerprint density at radius 1 is 0.844 bits per heavy atom. The van der Waals surface area contributed by atoms with Crippen LogP contribution in [-0.4, -0.2) is 33.0 Å². The highest BCUT2D eigenvalue weighted by Crippen LogP contribution is 2.39. The molecule has 0 saturated heterocycles. The molecule has 0 fully saturated rings. The third-order valence-corrected chi connectivity index (χ3v) is 7.33. The minimum absolute atomic E-state index is 0.0137. The summed E-state index contributed by atoms with van der Waals surface area (Å²) < 4.78 is 61.4. The number of ketones is 2. The topological polar surface area (TPSA) is 161 Å². The third kappa shape index (κ3) is 3.45. The highest BCUT2D eigenvalue weighted by atomic mass is 32.2. The van der Waals surface area contributed by atoms with Crippen molar-refractivity contribution in [2.75, 3.05) is 10.5 Å². The summed E-state index contributed by atoms with van der Waals surface area (Å²) in [5.41, 5.74) is 4.65. The lowest BCUT2D eigenvalue weighted by Crippen LogP contribution is -2.26. The molecule has 0 aliphatic heterocycles. The maximum absolute atomic E-state index is 13.2. The van der Waals surface area contributed by atoms with Crippen molar-refractivity contribution < 1.29 is 31.0 Å². The molecule has 0 radical (unpaired) electrons. The van der Waals surface area contributed by atoms with Crippen molar-refractivity contribution in [3.8, 4) is 0 Å². The van der Waals surface area contributed by atoms with Crippen molar-refractivity contribution >= 4 is 43.1 Å².